The molecule has 1 atom stereocenters. The van der Waals surface area contributed by atoms with Crippen LogP contribution in [0.2, 0.25) is 0 Å². The third-order valence-electron chi connectivity index (χ3n) is 6.09. The molecule has 1 unspecified atom stereocenters. The highest BCUT2D eigenvalue weighted by Gasteiger charge is 2.39. The number of carbonyl (C=O) groups is 3. The van der Waals surface area contributed by atoms with Gasteiger partial charge in [0.15, 0.2) is 0 Å². The monoisotopic (exact) mass is 445 g/mol. The molecular weight excluding hydrogens is 410 g/mol. The molecule has 1 saturated heterocycles. The molecule has 1 fully saturated rings. The first-order valence-corrected chi connectivity index (χ1v) is 11.5. The van der Waals surface area contributed by atoms with Gasteiger partial charge in [-0.1, -0.05) is 12.1 Å². The van der Waals surface area contributed by atoms with Gasteiger partial charge in [0.2, 0.25) is 11.8 Å². The Labute approximate surface area is 189 Å². The average Bonchev–Trinajstić information content (AvgIpc) is 3.10. The van der Waals surface area contributed by atoms with Crippen molar-refractivity contribution in [3.63, 3.8) is 0 Å². The summed E-state index contributed by atoms with van der Waals surface area (Å²) in [6.07, 6.45) is 3.65. The zero-order valence-electron chi connectivity index (χ0n) is 18.6. The highest BCUT2D eigenvalue weighted by Crippen LogP contribution is 2.28. The summed E-state index contributed by atoms with van der Waals surface area (Å²) in [5.74, 6) is -0.803. The second-order valence-corrected chi connectivity index (χ2v) is 8.48. The number of nitrogens with one attached hydrogen (secondary N) is 2. The van der Waals surface area contributed by atoms with Crippen molar-refractivity contribution < 1.29 is 19.5 Å². The van der Waals surface area contributed by atoms with Gasteiger partial charge in [-0.2, -0.15) is 0 Å². The first kappa shape index (κ1) is 24.3. The molecular formula is C23H35N5O4. The molecule has 32 heavy (non-hydrogen) atoms. The lowest BCUT2D eigenvalue weighted by atomic mass is 10.0. The summed E-state index contributed by atoms with van der Waals surface area (Å²) in [5, 5.41) is 14.9. The number of aliphatic hydroxyl groups is 1. The smallest absolute Gasteiger partial charge is 0.255 e. The first-order valence-electron chi connectivity index (χ1n) is 11.5. The molecule has 0 saturated carbocycles. The molecule has 9 heteroatoms. The number of hydrogen-bond acceptors (Lipinski definition) is 7. The maximum atomic E-state index is 12.9. The Balaban J connectivity index is 1.43. The van der Waals surface area contributed by atoms with Crippen LogP contribution in [0.15, 0.2) is 18.2 Å². The minimum absolute atomic E-state index is 0.141. The number of benzene rings is 1. The SMILES string of the molecule is NCCCN(CCO)CCCCNCc1ccc2c(c1)C(=O)N(C1CCC(=O)NC1=O)C2. The summed E-state index contributed by atoms with van der Waals surface area (Å²) in [5.41, 5.74) is 8.17. The van der Waals surface area contributed by atoms with E-state index in [-0.39, 0.29) is 30.7 Å². The molecule has 3 rings (SSSR count). The highest BCUT2D eigenvalue weighted by atomic mass is 16.3. The number of unbranched alkanes of at least 4 members (excludes halogenated alkanes) is 1. The third kappa shape index (κ3) is 6.35. The predicted octanol–water partition coefficient (Wildman–Crippen LogP) is -0.0395. The van der Waals surface area contributed by atoms with Gasteiger partial charge in [-0.3, -0.25) is 19.7 Å². The topological polar surface area (TPSA) is 128 Å². The zero-order valence-corrected chi connectivity index (χ0v) is 18.6. The van der Waals surface area contributed by atoms with Crippen LogP contribution in [0, 0.1) is 0 Å². The van der Waals surface area contributed by atoms with Gasteiger partial charge >= 0.3 is 0 Å². The van der Waals surface area contributed by atoms with Crippen molar-refractivity contribution in [2.24, 2.45) is 5.73 Å². The second-order valence-electron chi connectivity index (χ2n) is 8.48. The third-order valence-corrected chi connectivity index (χ3v) is 6.09. The molecule has 0 aliphatic carbocycles. The van der Waals surface area contributed by atoms with Gasteiger partial charge in [0.05, 0.1) is 6.61 Å². The Kier molecular flexibility index (Phi) is 9.16. The normalized spacial score (nSPS) is 18.4. The van der Waals surface area contributed by atoms with Crippen LogP contribution in [0.25, 0.3) is 0 Å². The molecule has 0 radical (unpaired) electrons. The van der Waals surface area contributed by atoms with Gasteiger partial charge in [0.25, 0.3) is 5.91 Å². The summed E-state index contributed by atoms with van der Waals surface area (Å²) in [6.45, 7) is 5.34. The van der Waals surface area contributed by atoms with Crippen molar-refractivity contribution >= 4 is 17.7 Å². The van der Waals surface area contributed by atoms with Crippen molar-refractivity contribution in [1.82, 2.24) is 20.4 Å². The van der Waals surface area contributed by atoms with Crippen molar-refractivity contribution in [1.29, 1.82) is 0 Å². The standard InChI is InChI=1S/C23H35N5O4/c24-8-3-11-27(12-13-29)10-2-1-9-25-15-17-4-5-18-16-28(23(32)19(18)14-17)20-6-7-21(30)26-22(20)31/h4-5,14,20,25,29H,1-3,6-13,15-16,24H2,(H,26,30,31). The number of piperidine rings is 1. The molecule has 9 nitrogen and oxygen atoms in total. The predicted molar refractivity (Wildman–Crippen MR) is 121 cm³/mol. The minimum atomic E-state index is -0.579. The Morgan fingerprint density at radius 1 is 1.16 bits per heavy atom. The fourth-order valence-electron chi connectivity index (χ4n) is 4.32. The molecule has 2 aliphatic rings. The summed E-state index contributed by atoms with van der Waals surface area (Å²) >= 11 is 0. The summed E-state index contributed by atoms with van der Waals surface area (Å²) in [4.78, 5) is 40.3. The van der Waals surface area contributed by atoms with Gasteiger partial charge in [-0.15, -0.1) is 0 Å². The lowest BCUT2D eigenvalue weighted by Crippen LogP contribution is -2.52. The molecule has 2 aliphatic heterocycles. The summed E-state index contributed by atoms with van der Waals surface area (Å²) in [7, 11) is 0. The van der Waals surface area contributed by atoms with Gasteiger partial charge in [-0.05, 0) is 69.1 Å². The molecule has 0 bridgehead atoms. The van der Waals surface area contributed by atoms with Crippen LogP contribution in [-0.2, 0) is 22.7 Å². The Morgan fingerprint density at radius 2 is 1.97 bits per heavy atom. The molecule has 0 spiro atoms. The van der Waals surface area contributed by atoms with Crippen LogP contribution in [-0.4, -0.2) is 78.0 Å². The molecule has 3 amide bonds. The molecule has 5 N–H and O–H groups in total. The number of aliphatic hydroxyl groups excluding tert-OH is 1. The van der Waals surface area contributed by atoms with E-state index in [2.05, 4.69) is 15.5 Å². The van der Waals surface area contributed by atoms with E-state index in [1.165, 1.54) is 0 Å². The van der Waals surface area contributed by atoms with E-state index in [1.807, 2.05) is 18.2 Å². The van der Waals surface area contributed by atoms with E-state index in [0.717, 1.165) is 50.0 Å². The van der Waals surface area contributed by atoms with Crippen molar-refractivity contribution in [3.05, 3.63) is 34.9 Å². The maximum absolute atomic E-state index is 12.9. The molecule has 176 valence electrons. The quantitative estimate of drug-likeness (QED) is 0.248. The number of fused-ring (bicyclic) bond motifs is 1. The number of nitrogens with zero attached hydrogens (tertiary/aromatic N) is 2. The van der Waals surface area contributed by atoms with Crippen molar-refractivity contribution in [2.75, 3.05) is 39.3 Å². The van der Waals surface area contributed by atoms with Crippen LogP contribution in [0.4, 0.5) is 0 Å². The van der Waals surface area contributed by atoms with E-state index in [4.69, 9.17) is 10.8 Å². The van der Waals surface area contributed by atoms with Gasteiger partial charge in [0.1, 0.15) is 6.04 Å². The average molecular weight is 446 g/mol. The molecule has 2 heterocycles. The molecule has 1 aromatic rings. The summed E-state index contributed by atoms with van der Waals surface area (Å²) in [6, 6.07) is 5.31. The van der Waals surface area contributed by atoms with Crippen LogP contribution < -0.4 is 16.4 Å². The van der Waals surface area contributed by atoms with Crippen molar-refractivity contribution in [2.45, 2.75) is 51.2 Å². The van der Waals surface area contributed by atoms with Crippen LogP contribution in [0.3, 0.4) is 0 Å². The van der Waals surface area contributed by atoms with Gasteiger partial charge in [-0.25, -0.2) is 0 Å². The molecule has 0 aromatic heterocycles. The van der Waals surface area contributed by atoms with Gasteiger partial charge in [0, 0.05) is 31.6 Å². The molecule has 1 aromatic carbocycles. The lowest BCUT2D eigenvalue weighted by molar-refractivity contribution is -0.136. The minimum Gasteiger partial charge on any atom is -0.395 e. The largest absolute Gasteiger partial charge is 0.395 e. The van der Waals surface area contributed by atoms with Crippen LogP contribution >= 0.6 is 0 Å². The number of amides is 3. The Hall–Kier alpha value is -2.33. The zero-order chi connectivity index (χ0) is 22.9. The Morgan fingerprint density at radius 3 is 2.72 bits per heavy atom. The van der Waals surface area contributed by atoms with E-state index in [1.54, 1.807) is 4.90 Å². The fourth-order valence-corrected chi connectivity index (χ4v) is 4.32. The van der Waals surface area contributed by atoms with E-state index < -0.39 is 6.04 Å². The number of imide groups is 1. The fraction of sp³-hybridized carbons (Fsp3) is 0.609. The first-order chi connectivity index (χ1) is 15.5. The van der Waals surface area contributed by atoms with Gasteiger partial charge < -0.3 is 26.0 Å². The van der Waals surface area contributed by atoms with E-state index >= 15 is 0 Å². The van der Waals surface area contributed by atoms with Crippen LogP contribution in [0.5, 0.6) is 0 Å². The number of rotatable bonds is 13. The second kappa shape index (κ2) is 12.1. The van der Waals surface area contributed by atoms with Crippen LogP contribution in [0.1, 0.15) is 53.6 Å². The maximum Gasteiger partial charge on any atom is 0.255 e. The number of carbonyl (C=O) groups excluding carboxylic acids is 3. The number of hydrogen-bond donors (Lipinski definition) is 4. The number of nitrogens with two attached hydrogens (primary N) is 1. The Bertz CT molecular complexity index is 816. The van der Waals surface area contributed by atoms with E-state index in [0.29, 0.717) is 38.2 Å². The highest BCUT2D eigenvalue weighted by molar-refractivity contribution is 6.05. The van der Waals surface area contributed by atoms with E-state index in [9.17, 15) is 14.4 Å². The van der Waals surface area contributed by atoms with Crippen molar-refractivity contribution in [3.8, 4) is 0 Å². The lowest BCUT2D eigenvalue weighted by Gasteiger charge is -2.29. The summed E-state index contributed by atoms with van der Waals surface area (Å²) < 4.78 is 0.